The van der Waals surface area contributed by atoms with Gasteiger partial charge in [0.1, 0.15) is 10.9 Å². The number of anilines is 2. The van der Waals surface area contributed by atoms with Crippen molar-refractivity contribution in [2.24, 2.45) is 0 Å². The lowest BCUT2D eigenvalue weighted by Gasteiger charge is -2.32. The molecule has 140 valence electrons. The minimum absolute atomic E-state index is 0.0985. The topological polar surface area (TPSA) is 47.4 Å². The maximum Gasteiger partial charge on any atom is 0.294 e. The van der Waals surface area contributed by atoms with Crippen molar-refractivity contribution in [2.75, 3.05) is 18.6 Å². The number of hydrogen-bond acceptors (Lipinski definition) is 4. The van der Waals surface area contributed by atoms with Crippen molar-refractivity contribution in [3.8, 4) is 5.75 Å². The lowest BCUT2D eigenvalue weighted by atomic mass is 10.0. The van der Waals surface area contributed by atoms with E-state index in [4.69, 9.17) is 16.3 Å². The summed E-state index contributed by atoms with van der Waals surface area (Å²) in [5.74, 6) is 1.18. The summed E-state index contributed by atoms with van der Waals surface area (Å²) in [7, 11) is 1.65. The molecule has 1 aromatic carbocycles. The van der Waals surface area contributed by atoms with Crippen LogP contribution in [-0.4, -0.2) is 23.2 Å². The van der Waals surface area contributed by atoms with E-state index in [9.17, 15) is 4.79 Å². The highest BCUT2D eigenvalue weighted by Crippen LogP contribution is 2.40. The zero-order chi connectivity index (χ0) is 18.8. The van der Waals surface area contributed by atoms with Crippen molar-refractivity contribution in [2.45, 2.75) is 45.6 Å². The molecule has 0 aliphatic carbocycles. The maximum absolute atomic E-state index is 13.2. The van der Waals surface area contributed by atoms with Gasteiger partial charge in [0.05, 0.1) is 12.8 Å². The second kappa shape index (κ2) is 8.01. The Labute approximate surface area is 167 Å². The van der Waals surface area contributed by atoms with Gasteiger partial charge in [0.2, 0.25) is 5.82 Å². The van der Waals surface area contributed by atoms with Crippen molar-refractivity contribution < 1.29 is 4.74 Å². The van der Waals surface area contributed by atoms with Gasteiger partial charge in [0.25, 0.3) is 5.56 Å². The van der Waals surface area contributed by atoms with Crippen LogP contribution in [0.4, 0.5) is 11.5 Å². The fourth-order valence-corrected chi connectivity index (χ4v) is 4.47. The second-order valence-electron chi connectivity index (χ2n) is 6.44. The average molecular weight is 441 g/mol. The quantitative estimate of drug-likeness (QED) is 0.648. The van der Waals surface area contributed by atoms with E-state index in [0.29, 0.717) is 11.0 Å². The summed E-state index contributed by atoms with van der Waals surface area (Å²) in [5, 5.41) is 0.336. The first-order valence-electron chi connectivity index (χ1n) is 8.92. The Morgan fingerprint density at radius 1 is 1.35 bits per heavy atom. The van der Waals surface area contributed by atoms with E-state index >= 15 is 0 Å². The summed E-state index contributed by atoms with van der Waals surface area (Å²) < 4.78 is 8.00. The summed E-state index contributed by atoms with van der Waals surface area (Å²) >= 11 is 9.92. The molecule has 2 aromatic rings. The number of fused-ring (bicyclic) bond motifs is 1. The van der Waals surface area contributed by atoms with Gasteiger partial charge in [-0.3, -0.25) is 4.79 Å². The predicted molar refractivity (Wildman–Crippen MR) is 109 cm³/mol. The molecular weight excluding hydrogens is 418 g/mol. The van der Waals surface area contributed by atoms with Crippen LogP contribution in [0, 0.1) is 0 Å². The highest BCUT2D eigenvalue weighted by Gasteiger charge is 2.26. The molecule has 26 heavy (non-hydrogen) atoms. The third-order valence-electron chi connectivity index (χ3n) is 4.92. The van der Waals surface area contributed by atoms with Gasteiger partial charge in [0, 0.05) is 23.3 Å². The molecule has 0 fully saturated rings. The zero-order valence-electron chi connectivity index (χ0n) is 15.3. The molecule has 0 saturated heterocycles. The van der Waals surface area contributed by atoms with Crippen LogP contribution in [0.2, 0.25) is 5.15 Å². The largest absolute Gasteiger partial charge is 0.497 e. The molecule has 1 aromatic heterocycles. The number of ether oxygens (including phenoxy) is 1. The minimum Gasteiger partial charge on any atom is -0.497 e. The molecule has 0 spiro atoms. The summed E-state index contributed by atoms with van der Waals surface area (Å²) in [5.41, 5.74) is 2.01. The fourth-order valence-electron chi connectivity index (χ4n) is 3.59. The Morgan fingerprint density at radius 2 is 2.08 bits per heavy atom. The first-order valence-corrected chi connectivity index (χ1v) is 10.1. The third kappa shape index (κ3) is 3.49. The van der Waals surface area contributed by atoms with Crippen molar-refractivity contribution in [1.82, 2.24) is 9.55 Å². The Kier molecular flexibility index (Phi) is 5.92. The normalized spacial score (nSPS) is 13.8. The van der Waals surface area contributed by atoms with E-state index < -0.39 is 0 Å². The molecule has 7 heteroatoms. The van der Waals surface area contributed by atoms with Gasteiger partial charge in [-0.15, -0.1) is 0 Å². The molecule has 2 heterocycles. The molecule has 0 bridgehead atoms. The Bertz CT molecular complexity index is 865. The van der Waals surface area contributed by atoms with E-state index in [1.54, 1.807) is 17.9 Å². The lowest BCUT2D eigenvalue weighted by molar-refractivity contribution is 0.413. The van der Waals surface area contributed by atoms with E-state index in [1.165, 1.54) is 0 Å². The van der Waals surface area contributed by atoms with Crippen LogP contribution < -0.4 is 15.2 Å². The molecule has 3 rings (SSSR count). The molecular formula is C19H23BrClN3O2. The Hall–Kier alpha value is -1.53. The number of benzene rings is 1. The highest BCUT2D eigenvalue weighted by atomic mass is 79.9. The van der Waals surface area contributed by atoms with Gasteiger partial charge in [-0.2, -0.15) is 0 Å². The lowest BCUT2D eigenvalue weighted by Crippen LogP contribution is -2.35. The number of hydrogen-bond donors (Lipinski definition) is 0. The van der Waals surface area contributed by atoms with E-state index in [-0.39, 0.29) is 11.6 Å². The molecule has 0 atom stereocenters. The maximum atomic E-state index is 13.2. The van der Waals surface area contributed by atoms with Gasteiger partial charge in [-0.05, 0) is 59.3 Å². The van der Waals surface area contributed by atoms with Crippen LogP contribution in [0.5, 0.6) is 5.75 Å². The number of nitrogens with zero attached hydrogens (tertiary/aromatic N) is 3. The molecule has 0 amide bonds. The van der Waals surface area contributed by atoms with Crippen molar-refractivity contribution in [1.29, 1.82) is 0 Å². The minimum atomic E-state index is -0.0985. The summed E-state index contributed by atoms with van der Waals surface area (Å²) in [6.07, 6.45) is 5.26. The van der Waals surface area contributed by atoms with Crippen molar-refractivity contribution >= 4 is 39.0 Å². The zero-order valence-corrected chi connectivity index (χ0v) is 17.6. The summed E-state index contributed by atoms with van der Waals surface area (Å²) in [4.78, 5) is 19.6. The summed E-state index contributed by atoms with van der Waals surface area (Å²) in [6, 6.07) is 4.06. The second-order valence-corrected chi connectivity index (χ2v) is 7.68. The summed E-state index contributed by atoms with van der Waals surface area (Å²) in [6.45, 7) is 4.88. The smallest absolute Gasteiger partial charge is 0.294 e. The van der Waals surface area contributed by atoms with Crippen molar-refractivity contribution in [3.05, 3.63) is 43.9 Å². The standard InChI is InChI=1S/C19H23BrClN3O2/c1-4-13(5-2)24-11-16(21)22-18(19(24)25)23-8-6-7-12-9-14(26-3)10-15(20)17(12)23/h9-11,13H,4-8H2,1-3H3. The van der Waals surface area contributed by atoms with Crippen LogP contribution >= 0.6 is 27.5 Å². The SMILES string of the molecule is CCC(CC)n1cc(Cl)nc(N2CCCc3cc(OC)cc(Br)c32)c1=O. The number of aryl methyl sites for hydroxylation is 1. The Balaban J connectivity index is 2.16. The molecule has 5 nitrogen and oxygen atoms in total. The van der Waals surface area contributed by atoms with Gasteiger partial charge in [-0.25, -0.2) is 4.98 Å². The van der Waals surface area contributed by atoms with Crippen LogP contribution in [0.15, 0.2) is 27.6 Å². The number of halogens is 2. The first kappa shape index (κ1) is 19.2. The first-order chi connectivity index (χ1) is 12.5. The van der Waals surface area contributed by atoms with Crippen LogP contribution in [0.3, 0.4) is 0 Å². The molecule has 0 unspecified atom stereocenters. The van der Waals surface area contributed by atoms with Gasteiger partial charge in [0.15, 0.2) is 0 Å². The molecule has 1 aliphatic heterocycles. The van der Waals surface area contributed by atoms with E-state index in [0.717, 1.165) is 53.7 Å². The number of rotatable bonds is 5. The molecule has 0 saturated carbocycles. The Morgan fingerprint density at radius 3 is 2.73 bits per heavy atom. The molecule has 0 radical (unpaired) electrons. The van der Waals surface area contributed by atoms with Crippen molar-refractivity contribution in [3.63, 3.8) is 0 Å². The third-order valence-corrected chi connectivity index (χ3v) is 5.71. The molecule has 1 aliphatic rings. The van der Waals surface area contributed by atoms with Crippen LogP contribution in [0.1, 0.15) is 44.7 Å². The average Bonchev–Trinajstić information content (AvgIpc) is 2.64. The van der Waals surface area contributed by atoms with E-state index in [1.807, 2.05) is 17.0 Å². The fraction of sp³-hybridized carbons (Fsp3) is 0.474. The van der Waals surface area contributed by atoms with Crippen LogP contribution in [0.25, 0.3) is 0 Å². The predicted octanol–water partition coefficient (Wildman–Crippen LogP) is 5.11. The highest BCUT2D eigenvalue weighted by molar-refractivity contribution is 9.10. The number of aromatic nitrogens is 2. The number of methoxy groups -OCH3 is 1. The van der Waals surface area contributed by atoms with E-state index in [2.05, 4.69) is 34.8 Å². The van der Waals surface area contributed by atoms with Gasteiger partial charge >= 0.3 is 0 Å². The van der Waals surface area contributed by atoms with Gasteiger partial charge < -0.3 is 14.2 Å². The van der Waals surface area contributed by atoms with Crippen LogP contribution in [-0.2, 0) is 6.42 Å². The van der Waals surface area contributed by atoms with Gasteiger partial charge in [-0.1, -0.05) is 25.4 Å². The molecule has 0 N–H and O–H groups in total. The monoisotopic (exact) mass is 439 g/mol.